The monoisotopic (exact) mass is 457 g/mol. The number of hydrogen-bond acceptors (Lipinski definition) is 3. The first kappa shape index (κ1) is 21.8. The molecule has 6 nitrogen and oxygen atoms in total. The lowest BCUT2D eigenvalue weighted by molar-refractivity contribution is -0.122. The van der Waals surface area contributed by atoms with E-state index in [1.54, 1.807) is 65.3 Å². The third-order valence-corrected chi connectivity index (χ3v) is 6.48. The predicted octanol–water partition coefficient (Wildman–Crippen LogP) is 4.54. The fraction of sp³-hybridized carbons (Fsp3) is 0.222. The van der Waals surface area contributed by atoms with Crippen LogP contribution in [0.5, 0.6) is 0 Å². The highest BCUT2D eigenvalue weighted by molar-refractivity contribution is 6.11. The number of fused-ring (bicyclic) bond motifs is 2. The van der Waals surface area contributed by atoms with Gasteiger partial charge in [-0.1, -0.05) is 30.3 Å². The Kier molecular flexibility index (Phi) is 5.61. The number of hydrogen-bond donors (Lipinski definition) is 1. The average Bonchev–Trinajstić information content (AvgIpc) is 3.32. The molecule has 3 aromatic rings. The molecule has 1 unspecified atom stereocenters. The molecule has 0 spiro atoms. The fourth-order valence-corrected chi connectivity index (χ4v) is 4.59. The molecule has 0 saturated carbocycles. The molecule has 172 valence electrons. The molecule has 34 heavy (non-hydrogen) atoms. The highest BCUT2D eigenvalue weighted by atomic mass is 19.1. The van der Waals surface area contributed by atoms with Gasteiger partial charge in [-0.2, -0.15) is 0 Å². The van der Waals surface area contributed by atoms with Crippen LogP contribution in [0.15, 0.2) is 66.7 Å². The van der Waals surface area contributed by atoms with Gasteiger partial charge in [0.05, 0.1) is 17.8 Å². The van der Waals surface area contributed by atoms with Crippen LogP contribution in [0.1, 0.15) is 44.7 Å². The molecule has 0 aliphatic carbocycles. The van der Waals surface area contributed by atoms with E-state index in [2.05, 4.69) is 5.32 Å². The van der Waals surface area contributed by atoms with E-state index in [0.717, 1.165) is 12.0 Å². The maximum Gasteiger partial charge on any atom is 0.256 e. The number of para-hydroxylation sites is 1. The number of anilines is 2. The summed E-state index contributed by atoms with van der Waals surface area (Å²) < 4.78 is 13.8. The second-order valence-electron chi connectivity index (χ2n) is 8.71. The van der Waals surface area contributed by atoms with Gasteiger partial charge in [-0.3, -0.25) is 14.4 Å². The van der Waals surface area contributed by atoms with Crippen molar-refractivity contribution in [3.05, 3.63) is 94.8 Å². The van der Waals surface area contributed by atoms with E-state index in [1.807, 2.05) is 12.1 Å². The molecule has 0 radical (unpaired) electrons. The number of amides is 3. The van der Waals surface area contributed by atoms with Crippen molar-refractivity contribution in [2.75, 3.05) is 16.8 Å². The lowest BCUT2D eigenvalue weighted by Gasteiger charge is -2.26. The lowest BCUT2D eigenvalue weighted by Crippen LogP contribution is -2.44. The van der Waals surface area contributed by atoms with Gasteiger partial charge < -0.3 is 15.1 Å². The summed E-state index contributed by atoms with van der Waals surface area (Å²) in [6.07, 6.45) is 1.47. The van der Waals surface area contributed by atoms with Crippen molar-refractivity contribution < 1.29 is 18.8 Å². The standard InChI is InChI=1S/C27H24FN3O3/c1-17-8-13-20(15-22(17)28)29-25(32)19-11-9-18(10-12-19)16-31-23-6-3-2-5-21(23)26(33)30-14-4-7-24(30)27(31)34/h2-3,5-6,8-13,15,24H,4,7,14,16H2,1H3,(H,29,32). The van der Waals surface area contributed by atoms with Crippen LogP contribution in [0.2, 0.25) is 0 Å². The van der Waals surface area contributed by atoms with Crippen molar-refractivity contribution in [1.29, 1.82) is 0 Å². The maximum absolute atomic E-state index is 13.8. The highest BCUT2D eigenvalue weighted by Crippen LogP contribution is 2.33. The van der Waals surface area contributed by atoms with Crippen LogP contribution in [0.25, 0.3) is 0 Å². The predicted molar refractivity (Wildman–Crippen MR) is 127 cm³/mol. The minimum atomic E-state index is -0.445. The average molecular weight is 458 g/mol. The van der Waals surface area contributed by atoms with Crippen molar-refractivity contribution in [2.24, 2.45) is 0 Å². The van der Waals surface area contributed by atoms with Crippen LogP contribution in [0.4, 0.5) is 15.8 Å². The summed E-state index contributed by atoms with van der Waals surface area (Å²) in [6, 6.07) is 18.2. The van der Waals surface area contributed by atoms with Crippen LogP contribution in [-0.4, -0.2) is 35.2 Å². The van der Waals surface area contributed by atoms with Gasteiger partial charge in [0.1, 0.15) is 11.9 Å². The van der Waals surface area contributed by atoms with Gasteiger partial charge in [-0.25, -0.2) is 4.39 Å². The molecular weight excluding hydrogens is 433 g/mol. The van der Waals surface area contributed by atoms with E-state index in [1.165, 1.54) is 6.07 Å². The second kappa shape index (κ2) is 8.74. The Morgan fingerprint density at radius 3 is 2.59 bits per heavy atom. The number of nitrogens with zero attached hydrogens (tertiary/aromatic N) is 2. The number of rotatable bonds is 4. The second-order valence-corrected chi connectivity index (χ2v) is 8.71. The maximum atomic E-state index is 13.8. The molecule has 0 bridgehead atoms. The minimum absolute atomic E-state index is 0.0842. The van der Waals surface area contributed by atoms with Gasteiger partial charge in [0.25, 0.3) is 11.8 Å². The van der Waals surface area contributed by atoms with Gasteiger partial charge in [-0.05, 0) is 67.3 Å². The van der Waals surface area contributed by atoms with Gasteiger partial charge in [-0.15, -0.1) is 0 Å². The summed E-state index contributed by atoms with van der Waals surface area (Å²) in [6.45, 7) is 2.54. The van der Waals surface area contributed by atoms with Gasteiger partial charge in [0.2, 0.25) is 5.91 Å². The summed E-state index contributed by atoms with van der Waals surface area (Å²) in [4.78, 5) is 42.4. The van der Waals surface area contributed by atoms with Crippen molar-refractivity contribution in [3.63, 3.8) is 0 Å². The molecule has 7 heteroatoms. The van der Waals surface area contributed by atoms with Crippen molar-refractivity contribution >= 4 is 29.1 Å². The Balaban J connectivity index is 1.37. The molecule has 1 fully saturated rings. The largest absolute Gasteiger partial charge is 0.327 e. The number of carbonyl (C=O) groups is 3. The van der Waals surface area contributed by atoms with E-state index >= 15 is 0 Å². The Morgan fingerprint density at radius 2 is 1.82 bits per heavy atom. The Morgan fingerprint density at radius 1 is 1.06 bits per heavy atom. The van der Waals surface area contributed by atoms with Gasteiger partial charge in [0.15, 0.2) is 0 Å². The smallest absolute Gasteiger partial charge is 0.256 e. The van der Waals surface area contributed by atoms with Crippen LogP contribution >= 0.6 is 0 Å². The van der Waals surface area contributed by atoms with E-state index in [9.17, 15) is 18.8 Å². The van der Waals surface area contributed by atoms with Crippen molar-refractivity contribution in [3.8, 4) is 0 Å². The zero-order valence-electron chi connectivity index (χ0n) is 18.8. The van der Waals surface area contributed by atoms with Crippen molar-refractivity contribution in [2.45, 2.75) is 32.4 Å². The van der Waals surface area contributed by atoms with Gasteiger partial charge >= 0.3 is 0 Å². The Hall–Kier alpha value is -4.00. The van der Waals surface area contributed by atoms with E-state index in [-0.39, 0.29) is 23.5 Å². The molecule has 0 aromatic heterocycles. The van der Waals surface area contributed by atoms with Crippen LogP contribution in [-0.2, 0) is 11.3 Å². The normalized spacial score (nSPS) is 17.3. The summed E-state index contributed by atoms with van der Waals surface area (Å²) >= 11 is 0. The number of aryl methyl sites for hydroxylation is 1. The summed E-state index contributed by atoms with van der Waals surface area (Å²) in [5.41, 5.74) is 3.28. The highest BCUT2D eigenvalue weighted by Gasteiger charge is 2.41. The zero-order valence-corrected chi connectivity index (χ0v) is 18.8. The first-order valence-corrected chi connectivity index (χ1v) is 11.3. The lowest BCUT2D eigenvalue weighted by atomic mass is 10.1. The molecule has 5 rings (SSSR count). The summed E-state index contributed by atoms with van der Waals surface area (Å²) in [5.74, 6) is -0.916. The third kappa shape index (κ3) is 3.94. The van der Waals surface area contributed by atoms with Crippen LogP contribution < -0.4 is 10.2 Å². The number of benzene rings is 3. The van der Waals surface area contributed by atoms with E-state index in [0.29, 0.717) is 47.6 Å². The molecule has 1 atom stereocenters. The molecule has 2 aliphatic heterocycles. The fourth-order valence-electron chi connectivity index (χ4n) is 4.59. The van der Waals surface area contributed by atoms with E-state index < -0.39 is 6.04 Å². The Bertz CT molecular complexity index is 1290. The summed E-state index contributed by atoms with van der Waals surface area (Å²) in [5, 5.41) is 2.70. The number of carbonyl (C=O) groups excluding carboxylic acids is 3. The SMILES string of the molecule is Cc1ccc(NC(=O)c2ccc(CN3C(=O)C4CCCN4C(=O)c4ccccc43)cc2)cc1F. The third-order valence-electron chi connectivity index (χ3n) is 6.48. The molecule has 3 aromatic carbocycles. The molecule has 1 N–H and O–H groups in total. The minimum Gasteiger partial charge on any atom is -0.327 e. The molecule has 2 aliphatic rings. The quantitative estimate of drug-likeness (QED) is 0.626. The molecular formula is C27H24FN3O3. The topological polar surface area (TPSA) is 69.7 Å². The van der Waals surface area contributed by atoms with E-state index in [4.69, 9.17) is 0 Å². The molecule has 1 saturated heterocycles. The number of nitrogens with one attached hydrogen (secondary N) is 1. The molecule has 2 heterocycles. The summed E-state index contributed by atoms with van der Waals surface area (Å²) in [7, 11) is 0. The van der Waals surface area contributed by atoms with Crippen LogP contribution in [0.3, 0.4) is 0 Å². The van der Waals surface area contributed by atoms with Crippen LogP contribution in [0, 0.1) is 12.7 Å². The first-order chi connectivity index (χ1) is 16.4. The zero-order chi connectivity index (χ0) is 23.8. The number of halogens is 1. The van der Waals surface area contributed by atoms with Gasteiger partial charge in [0, 0.05) is 17.8 Å². The Labute approximate surface area is 197 Å². The first-order valence-electron chi connectivity index (χ1n) is 11.3. The van der Waals surface area contributed by atoms with Crippen molar-refractivity contribution in [1.82, 2.24) is 4.90 Å². The molecule has 3 amide bonds.